The van der Waals surface area contributed by atoms with Crippen LogP contribution >= 0.6 is 11.5 Å². The summed E-state index contributed by atoms with van der Waals surface area (Å²) in [5.74, 6) is 0.306. The number of esters is 1. The third-order valence-electron chi connectivity index (χ3n) is 3.14. The van der Waals surface area contributed by atoms with Crippen LogP contribution in [0.1, 0.15) is 15.2 Å². The second kappa shape index (κ2) is 6.97. The first-order valence-electron chi connectivity index (χ1n) is 6.80. The summed E-state index contributed by atoms with van der Waals surface area (Å²) >= 11 is 1.01. The summed E-state index contributed by atoms with van der Waals surface area (Å²) in [7, 11) is 1.60. The lowest BCUT2D eigenvalue weighted by Gasteiger charge is -2.05. The van der Waals surface area contributed by atoms with Crippen LogP contribution in [0.2, 0.25) is 0 Å². The van der Waals surface area contributed by atoms with Gasteiger partial charge < -0.3 is 9.47 Å². The van der Waals surface area contributed by atoms with Gasteiger partial charge in [0.05, 0.1) is 7.11 Å². The molecule has 0 bridgehead atoms. The summed E-state index contributed by atoms with van der Waals surface area (Å²) < 4.78 is 14.3. The Bertz CT molecular complexity index is 788. The maximum atomic E-state index is 12.3. The molecule has 0 aliphatic carbocycles. The summed E-state index contributed by atoms with van der Waals surface area (Å²) in [4.78, 5) is 16.7. The van der Waals surface area contributed by atoms with E-state index in [-0.39, 0.29) is 6.61 Å². The van der Waals surface area contributed by atoms with Crippen LogP contribution < -0.4 is 4.74 Å². The second-order valence-corrected chi connectivity index (χ2v) is 5.37. The SMILES string of the molecule is COc1ccc(COC(=O)c2snnc2-c2cccnc2)cc1. The largest absolute Gasteiger partial charge is 0.497 e. The van der Waals surface area contributed by atoms with Gasteiger partial charge in [0.25, 0.3) is 0 Å². The molecule has 0 N–H and O–H groups in total. The van der Waals surface area contributed by atoms with Gasteiger partial charge in [-0.25, -0.2) is 4.79 Å². The molecule has 2 aromatic heterocycles. The number of nitrogens with zero attached hydrogens (tertiary/aromatic N) is 3. The summed E-state index contributed by atoms with van der Waals surface area (Å²) in [6.07, 6.45) is 3.29. The van der Waals surface area contributed by atoms with Gasteiger partial charge in [0, 0.05) is 18.0 Å². The maximum Gasteiger partial charge on any atom is 0.352 e. The number of carbonyl (C=O) groups is 1. The van der Waals surface area contributed by atoms with Crippen LogP contribution in [0.4, 0.5) is 0 Å². The van der Waals surface area contributed by atoms with Gasteiger partial charge in [-0.15, -0.1) is 5.10 Å². The molecular formula is C16H13N3O3S. The van der Waals surface area contributed by atoms with E-state index in [1.54, 1.807) is 25.6 Å². The standard InChI is InChI=1S/C16H13N3O3S/c1-21-13-6-4-11(5-7-13)10-22-16(20)15-14(18-19-23-15)12-3-2-8-17-9-12/h2-9H,10H2,1H3. The molecule has 0 amide bonds. The van der Waals surface area contributed by atoms with Crippen molar-refractivity contribution in [3.05, 3.63) is 59.2 Å². The normalized spacial score (nSPS) is 10.3. The van der Waals surface area contributed by atoms with Gasteiger partial charge in [0.15, 0.2) is 4.88 Å². The highest BCUT2D eigenvalue weighted by Gasteiger charge is 2.19. The fraction of sp³-hybridized carbons (Fsp3) is 0.125. The minimum absolute atomic E-state index is 0.174. The van der Waals surface area contributed by atoms with Crippen molar-refractivity contribution < 1.29 is 14.3 Å². The van der Waals surface area contributed by atoms with Crippen molar-refractivity contribution in [2.75, 3.05) is 7.11 Å². The lowest BCUT2D eigenvalue weighted by Crippen LogP contribution is -2.05. The van der Waals surface area contributed by atoms with E-state index in [0.717, 1.165) is 28.4 Å². The van der Waals surface area contributed by atoms with Gasteiger partial charge in [0.2, 0.25) is 0 Å². The lowest BCUT2D eigenvalue weighted by molar-refractivity contribution is 0.0479. The number of pyridine rings is 1. The van der Waals surface area contributed by atoms with Crippen molar-refractivity contribution in [1.82, 2.24) is 14.6 Å². The molecule has 0 aliphatic heterocycles. The highest BCUT2D eigenvalue weighted by atomic mass is 32.1. The van der Waals surface area contributed by atoms with Gasteiger partial charge in [-0.2, -0.15) is 0 Å². The zero-order valence-corrected chi connectivity index (χ0v) is 13.1. The molecule has 6 nitrogen and oxygen atoms in total. The van der Waals surface area contributed by atoms with Crippen LogP contribution in [0, 0.1) is 0 Å². The van der Waals surface area contributed by atoms with E-state index in [9.17, 15) is 4.79 Å². The van der Waals surface area contributed by atoms with E-state index in [1.807, 2.05) is 30.3 Å². The summed E-state index contributed by atoms with van der Waals surface area (Å²) in [5.41, 5.74) is 2.10. The number of ether oxygens (including phenoxy) is 2. The van der Waals surface area contributed by atoms with Crippen LogP contribution in [0.25, 0.3) is 11.3 Å². The molecule has 23 heavy (non-hydrogen) atoms. The monoisotopic (exact) mass is 327 g/mol. The summed E-state index contributed by atoms with van der Waals surface area (Å²) in [5, 5.41) is 4.00. The van der Waals surface area contributed by atoms with Gasteiger partial charge in [-0.05, 0) is 41.4 Å². The zero-order valence-electron chi connectivity index (χ0n) is 12.3. The van der Waals surface area contributed by atoms with E-state index < -0.39 is 5.97 Å². The van der Waals surface area contributed by atoms with Crippen molar-refractivity contribution >= 4 is 17.5 Å². The molecule has 0 radical (unpaired) electrons. The van der Waals surface area contributed by atoms with Crippen LogP contribution in [0.5, 0.6) is 5.75 Å². The zero-order chi connectivity index (χ0) is 16.1. The Kier molecular flexibility index (Phi) is 4.58. The van der Waals surface area contributed by atoms with E-state index in [2.05, 4.69) is 14.6 Å². The van der Waals surface area contributed by atoms with Crippen molar-refractivity contribution in [2.45, 2.75) is 6.61 Å². The van der Waals surface area contributed by atoms with E-state index in [4.69, 9.17) is 9.47 Å². The van der Waals surface area contributed by atoms with Crippen LogP contribution in [0.3, 0.4) is 0 Å². The highest BCUT2D eigenvalue weighted by molar-refractivity contribution is 7.08. The number of carbonyl (C=O) groups excluding carboxylic acids is 1. The molecular weight excluding hydrogens is 314 g/mol. The Balaban J connectivity index is 1.70. The predicted molar refractivity (Wildman–Crippen MR) is 85.3 cm³/mol. The number of benzene rings is 1. The van der Waals surface area contributed by atoms with Crippen LogP contribution in [-0.2, 0) is 11.3 Å². The molecule has 0 aliphatic rings. The van der Waals surface area contributed by atoms with Gasteiger partial charge in [0.1, 0.15) is 18.1 Å². The van der Waals surface area contributed by atoms with Crippen molar-refractivity contribution in [1.29, 1.82) is 0 Å². The summed E-state index contributed by atoms with van der Waals surface area (Å²) in [6.45, 7) is 0.174. The summed E-state index contributed by atoms with van der Waals surface area (Å²) in [6, 6.07) is 10.9. The molecule has 0 atom stereocenters. The van der Waals surface area contributed by atoms with Gasteiger partial charge >= 0.3 is 5.97 Å². The number of aromatic nitrogens is 3. The first-order valence-corrected chi connectivity index (χ1v) is 7.58. The minimum Gasteiger partial charge on any atom is -0.497 e. The molecule has 0 unspecified atom stereocenters. The van der Waals surface area contributed by atoms with Crippen molar-refractivity contribution in [2.24, 2.45) is 0 Å². The number of methoxy groups -OCH3 is 1. The third kappa shape index (κ3) is 3.51. The number of hydrogen-bond acceptors (Lipinski definition) is 7. The van der Waals surface area contributed by atoms with Crippen molar-refractivity contribution in [3.63, 3.8) is 0 Å². The molecule has 7 heteroatoms. The average Bonchev–Trinajstić information content (AvgIpc) is 3.11. The highest BCUT2D eigenvalue weighted by Crippen LogP contribution is 2.24. The quantitative estimate of drug-likeness (QED) is 0.671. The molecule has 3 aromatic rings. The first kappa shape index (κ1) is 15.1. The Morgan fingerprint density at radius 3 is 2.74 bits per heavy atom. The minimum atomic E-state index is -0.449. The molecule has 2 heterocycles. The first-order chi connectivity index (χ1) is 11.3. The predicted octanol–water partition coefficient (Wildman–Crippen LogP) is 2.97. The van der Waals surface area contributed by atoms with E-state index >= 15 is 0 Å². The fourth-order valence-electron chi connectivity index (χ4n) is 1.95. The third-order valence-corrected chi connectivity index (χ3v) is 3.84. The Labute approximate surface area is 136 Å². The lowest BCUT2D eigenvalue weighted by atomic mass is 10.2. The average molecular weight is 327 g/mol. The van der Waals surface area contributed by atoms with E-state index in [1.165, 1.54) is 0 Å². The molecule has 0 saturated carbocycles. The smallest absolute Gasteiger partial charge is 0.352 e. The fourth-order valence-corrected chi connectivity index (χ4v) is 2.54. The maximum absolute atomic E-state index is 12.3. The van der Waals surface area contributed by atoms with Gasteiger partial charge in [-0.3, -0.25) is 4.98 Å². The second-order valence-electron chi connectivity index (χ2n) is 4.62. The molecule has 0 spiro atoms. The molecule has 3 rings (SSSR count). The van der Waals surface area contributed by atoms with Crippen LogP contribution in [0.15, 0.2) is 48.8 Å². The molecule has 0 saturated heterocycles. The van der Waals surface area contributed by atoms with E-state index in [0.29, 0.717) is 10.6 Å². The molecule has 0 fully saturated rings. The Hall–Kier alpha value is -2.80. The molecule has 116 valence electrons. The van der Waals surface area contributed by atoms with Gasteiger partial charge in [-0.1, -0.05) is 16.6 Å². The Morgan fingerprint density at radius 1 is 1.22 bits per heavy atom. The number of rotatable bonds is 5. The van der Waals surface area contributed by atoms with Crippen LogP contribution in [-0.4, -0.2) is 27.7 Å². The molecule has 1 aromatic carbocycles. The Morgan fingerprint density at radius 2 is 2.04 bits per heavy atom. The van der Waals surface area contributed by atoms with Crippen molar-refractivity contribution in [3.8, 4) is 17.0 Å². The topological polar surface area (TPSA) is 74.2 Å². The number of hydrogen-bond donors (Lipinski definition) is 0.